The van der Waals surface area contributed by atoms with E-state index in [1.165, 1.54) is 4.90 Å². The van der Waals surface area contributed by atoms with Crippen LogP contribution >= 0.6 is 24.2 Å². The van der Waals surface area contributed by atoms with Crippen LogP contribution in [0.25, 0.3) is 0 Å². The van der Waals surface area contributed by atoms with Gasteiger partial charge in [-0.25, -0.2) is 0 Å². The molecule has 0 unspecified atom stereocenters. The van der Waals surface area contributed by atoms with Crippen LogP contribution in [-0.4, -0.2) is 30.8 Å². The van der Waals surface area contributed by atoms with Crippen molar-refractivity contribution in [3.05, 3.63) is 28.8 Å². The molecule has 0 N–H and O–H groups in total. The lowest BCUT2D eigenvalue weighted by molar-refractivity contribution is 0.234. The number of benzene rings is 1. The SMILES string of the molecule is COc1ccc(CCN(C)C(=O)S)c(Cl)c1. The van der Waals surface area contributed by atoms with Gasteiger partial charge in [0.05, 0.1) is 7.11 Å². The smallest absolute Gasteiger partial charge is 0.278 e. The number of halogens is 1. The van der Waals surface area contributed by atoms with Crippen molar-refractivity contribution in [2.75, 3.05) is 20.7 Å². The zero-order valence-electron chi connectivity index (χ0n) is 9.24. The second kappa shape index (κ2) is 6.01. The van der Waals surface area contributed by atoms with E-state index < -0.39 is 0 Å². The summed E-state index contributed by atoms with van der Waals surface area (Å²) in [6, 6.07) is 5.52. The Morgan fingerprint density at radius 3 is 2.75 bits per heavy atom. The fraction of sp³-hybridized carbons (Fsp3) is 0.364. The molecule has 1 aromatic rings. The van der Waals surface area contributed by atoms with E-state index in [4.69, 9.17) is 16.3 Å². The Labute approximate surface area is 106 Å². The molecule has 0 aliphatic heterocycles. The van der Waals surface area contributed by atoms with E-state index in [0.29, 0.717) is 18.0 Å². The molecule has 0 aromatic heterocycles. The van der Waals surface area contributed by atoms with Gasteiger partial charge < -0.3 is 9.64 Å². The van der Waals surface area contributed by atoms with Crippen molar-refractivity contribution in [3.63, 3.8) is 0 Å². The summed E-state index contributed by atoms with van der Waals surface area (Å²) in [4.78, 5) is 12.4. The number of thiol groups is 1. The lowest BCUT2D eigenvalue weighted by atomic mass is 10.1. The fourth-order valence-electron chi connectivity index (χ4n) is 1.24. The first-order chi connectivity index (χ1) is 7.54. The maximum absolute atomic E-state index is 10.9. The van der Waals surface area contributed by atoms with Crippen molar-refractivity contribution in [2.24, 2.45) is 0 Å². The molecule has 0 fully saturated rings. The number of nitrogens with zero attached hydrogens (tertiary/aromatic N) is 1. The topological polar surface area (TPSA) is 29.5 Å². The molecule has 0 saturated heterocycles. The average molecular weight is 260 g/mol. The van der Waals surface area contributed by atoms with Crippen LogP contribution in [0.15, 0.2) is 18.2 Å². The summed E-state index contributed by atoms with van der Waals surface area (Å²) in [7, 11) is 3.30. The lowest BCUT2D eigenvalue weighted by Crippen LogP contribution is -2.23. The van der Waals surface area contributed by atoms with Gasteiger partial charge in [0.25, 0.3) is 5.24 Å². The molecular weight excluding hydrogens is 246 g/mol. The first kappa shape index (κ1) is 13.2. The van der Waals surface area contributed by atoms with Crippen LogP contribution in [0.1, 0.15) is 5.56 Å². The molecule has 88 valence electrons. The van der Waals surface area contributed by atoms with E-state index >= 15 is 0 Å². The molecule has 5 heteroatoms. The number of amides is 1. The summed E-state index contributed by atoms with van der Waals surface area (Å²) in [6.07, 6.45) is 0.700. The van der Waals surface area contributed by atoms with Crippen molar-refractivity contribution in [2.45, 2.75) is 6.42 Å². The zero-order valence-corrected chi connectivity index (χ0v) is 10.9. The fourth-order valence-corrected chi connectivity index (χ4v) is 1.61. The van der Waals surface area contributed by atoms with Gasteiger partial charge in [-0.3, -0.25) is 4.79 Å². The van der Waals surface area contributed by atoms with E-state index in [1.807, 2.05) is 12.1 Å². The number of methoxy groups -OCH3 is 1. The first-order valence-corrected chi connectivity index (χ1v) is 5.63. The summed E-state index contributed by atoms with van der Waals surface area (Å²) in [5.41, 5.74) is 0.990. The first-order valence-electron chi connectivity index (χ1n) is 4.81. The predicted octanol–water partition coefficient (Wildman–Crippen LogP) is 2.87. The van der Waals surface area contributed by atoms with Crippen LogP contribution in [-0.2, 0) is 6.42 Å². The second-order valence-corrected chi connectivity index (χ2v) is 4.20. The lowest BCUT2D eigenvalue weighted by Gasteiger charge is -2.14. The van der Waals surface area contributed by atoms with E-state index in [9.17, 15) is 4.79 Å². The molecule has 0 atom stereocenters. The highest BCUT2D eigenvalue weighted by Gasteiger charge is 2.06. The Bertz CT molecular complexity index is 384. The van der Waals surface area contributed by atoms with Gasteiger partial charge in [-0.2, -0.15) is 0 Å². The number of rotatable bonds is 4. The molecule has 1 amide bonds. The summed E-state index contributed by atoms with van der Waals surface area (Å²) in [5.74, 6) is 0.729. The third kappa shape index (κ3) is 3.61. The highest BCUT2D eigenvalue weighted by Crippen LogP contribution is 2.22. The normalized spacial score (nSPS) is 10.0. The molecule has 16 heavy (non-hydrogen) atoms. The molecule has 0 saturated carbocycles. The van der Waals surface area contributed by atoms with Crippen LogP contribution in [0.4, 0.5) is 4.79 Å². The van der Waals surface area contributed by atoms with Gasteiger partial charge in [0, 0.05) is 18.6 Å². The quantitative estimate of drug-likeness (QED) is 0.843. The molecule has 0 heterocycles. The summed E-state index contributed by atoms with van der Waals surface area (Å²) >= 11 is 9.80. The van der Waals surface area contributed by atoms with E-state index in [0.717, 1.165) is 11.3 Å². The predicted molar refractivity (Wildman–Crippen MR) is 68.7 cm³/mol. The minimum absolute atomic E-state index is 0.246. The minimum Gasteiger partial charge on any atom is -0.497 e. The Morgan fingerprint density at radius 1 is 1.56 bits per heavy atom. The van der Waals surface area contributed by atoms with Crippen molar-refractivity contribution in [1.29, 1.82) is 0 Å². The zero-order chi connectivity index (χ0) is 12.1. The van der Waals surface area contributed by atoms with Crippen LogP contribution in [0, 0.1) is 0 Å². The van der Waals surface area contributed by atoms with Crippen molar-refractivity contribution in [3.8, 4) is 5.75 Å². The number of hydrogen-bond acceptors (Lipinski definition) is 2. The highest BCUT2D eigenvalue weighted by atomic mass is 35.5. The highest BCUT2D eigenvalue weighted by molar-refractivity contribution is 7.96. The third-order valence-corrected chi connectivity index (χ3v) is 3.00. The standard InChI is InChI=1S/C11H14ClNO2S/c1-13(11(14)16)6-5-8-3-4-9(15-2)7-10(8)12/h3-4,7H,5-6H2,1-2H3,(H,14,16). The Hall–Kier alpha value is -0.870. The molecule has 1 aromatic carbocycles. The van der Waals surface area contributed by atoms with E-state index in [-0.39, 0.29) is 5.24 Å². The molecule has 0 aliphatic carbocycles. The van der Waals surface area contributed by atoms with Crippen LogP contribution in [0.2, 0.25) is 5.02 Å². The maximum Gasteiger partial charge on any atom is 0.278 e. The molecule has 0 spiro atoms. The van der Waals surface area contributed by atoms with Gasteiger partial charge in [-0.05, 0) is 24.1 Å². The summed E-state index contributed by atoms with van der Waals surface area (Å²) in [5, 5.41) is 0.406. The largest absolute Gasteiger partial charge is 0.497 e. The monoisotopic (exact) mass is 259 g/mol. The third-order valence-electron chi connectivity index (χ3n) is 2.30. The van der Waals surface area contributed by atoms with Crippen molar-refractivity contribution in [1.82, 2.24) is 4.90 Å². The maximum atomic E-state index is 10.9. The molecule has 0 radical (unpaired) electrons. The van der Waals surface area contributed by atoms with Gasteiger partial charge in [0.15, 0.2) is 0 Å². The Balaban J connectivity index is 2.64. The van der Waals surface area contributed by atoms with Gasteiger partial charge in [-0.15, -0.1) is 0 Å². The second-order valence-electron chi connectivity index (χ2n) is 3.41. The molecule has 0 aliphatic rings. The molecule has 3 nitrogen and oxygen atoms in total. The number of likely N-dealkylation sites (N-methyl/N-ethyl adjacent to an activating group) is 1. The van der Waals surface area contributed by atoms with Crippen molar-refractivity contribution >= 4 is 29.5 Å². The Kier molecular flexibility index (Phi) is 4.96. The summed E-state index contributed by atoms with van der Waals surface area (Å²) < 4.78 is 5.05. The van der Waals surface area contributed by atoms with Gasteiger partial charge in [0.1, 0.15) is 5.75 Å². The number of carbonyl (C=O) groups is 1. The summed E-state index contributed by atoms with van der Waals surface area (Å²) in [6.45, 7) is 0.592. The van der Waals surface area contributed by atoms with Crippen molar-refractivity contribution < 1.29 is 9.53 Å². The number of hydrogen-bond donors (Lipinski definition) is 1. The van der Waals surface area contributed by atoms with Crippen LogP contribution < -0.4 is 4.74 Å². The molecule has 0 bridgehead atoms. The minimum atomic E-state index is -0.246. The van der Waals surface area contributed by atoms with E-state index in [1.54, 1.807) is 20.2 Å². The van der Waals surface area contributed by atoms with Crippen LogP contribution in [0.3, 0.4) is 0 Å². The van der Waals surface area contributed by atoms with E-state index in [2.05, 4.69) is 12.6 Å². The average Bonchev–Trinajstić information content (AvgIpc) is 2.26. The van der Waals surface area contributed by atoms with Gasteiger partial charge in [0.2, 0.25) is 0 Å². The number of ether oxygens (including phenoxy) is 1. The van der Waals surface area contributed by atoms with Gasteiger partial charge >= 0.3 is 0 Å². The van der Waals surface area contributed by atoms with Crippen LogP contribution in [0.5, 0.6) is 5.75 Å². The molecular formula is C11H14ClNO2S. The van der Waals surface area contributed by atoms with Gasteiger partial charge in [-0.1, -0.05) is 30.3 Å². The Morgan fingerprint density at radius 2 is 2.25 bits per heavy atom. The molecule has 1 rings (SSSR count). The number of carbonyl (C=O) groups excluding carboxylic acids is 1.